The second-order valence-corrected chi connectivity index (χ2v) is 4.59. The molecular weight excluding hydrogens is 217 g/mol. The minimum absolute atomic E-state index is 0. The summed E-state index contributed by atoms with van der Waals surface area (Å²) in [6, 6.07) is 0. The molecular formula is C9H19Cl2MgN. The summed E-state index contributed by atoms with van der Waals surface area (Å²) in [4.78, 5) is 0. The van der Waals surface area contributed by atoms with Gasteiger partial charge in [-0.15, -0.1) is 23.5 Å². The van der Waals surface area contributed by atoms with Crippen LogP contribution in [0.25, 0.3) is 5.32 Å². The predicted molar refractivity (Wildman–Crippen MR) is 58.4 cm³/mol. The van der Waals surface area contributed by atoms with Crippen molar-refractivity contribution in [3.8, 4) is 0 Å². The summed E-state index contributed by atoms with van der Waals surface area (Å²) in [6.45, 7) is 8.92. The fourth-order valence-electron chi connectivity index (χ4n) is 1.88. The normalized spacial score (nSPS) is 23.1. The van der Waals surface area contributed by atoms with Gasteiger partial charge in [0.25, 0.3) is 0 Å². The van der Waals surface area contributed by atoms with Crippen LogP contribution >= 0.6 is 12.4 Å². The maximum absolute atomic E-state index is 4.75. The molecule has 1 fully saturated rings. The van der Waals surface area contributed by atoms with Crippen molar-refractivity contribution in [2.75, 3.05) is 0 Å². The molecule has 0 aromatic heterocycles. The Morgan fingerprint density at radius 2 is 1.23 bits per heavy atom. The van der Waals surface area contributed by atoms with E-state index in [4.69, 9.17) is 5.32 Å². The van der Waals surface area contributed by atoms with Gasteiger partial charge in [0.2, 0.25) is 0 Å². The van der Waals surface area contributed by atoms with Crippen LogP contribution in [0.1, 0.15) is 47.0 Å². The van der Waals surface area contributed by atoms with Crippen LogP contribution in [0.4, 0.5) is 0 Å². The minimum Gasteiger partial charge on any atom is -1.00 e. The zero-order chi connectivity index (χ0) is 7.83. The number of hydrogen-bond donors (Lipinski definition) is 0. The molecule has 1 saturated heterocycles. The average molecular weight is 236 g/mol. The SMILES string of the molecule is CC1(C)CCCC(C)(C)[N-]1.Cl.[Cl-].[Mg+2]. The second kappa shape index (κ2) is 6.73. The molecule has 0 unspecified atom stereocenters. The summed E-state index contributed by atoms with van der Waals surface area (Å²) in [5.74, 6) is 0. The zero-order valence-corrected chi connectivity index (χ0v) is 12.0. The number of piperidine rings is 1. The Balaban J connectivity index is -0.000000333. The maximum Gasteiger partial charge on any atom is 2.00 e. The van der Waals surface area contributed by atoms with Crippen LogP contribution in [0, 0.1) is 0 Å². The Morgan fingerprint density at radius 3 is 1.38 bits per heavy atom. The molecule has 1 aliphatic rings. The number of rotatable bonds is 0. The Hall–Kier alpha value is 1.31. The Kier molecular flexibility index (Phi) is 10.3. The molecule has 1 aliphatic heterocycles. The first kappa shape index (κ1) is 19.8. The van der Waals surface area contributed by atoms with Crippen molar-refractivity contribution in [3.63, 3.8) is 0 Å². The quantitative estimate of drug-likeness (QED) is 0.532. The topological polar surface area (TPSA) is 14.1 Å². The largest absolute Gasteiger partial charge is 2.00 e. The molecule has 0 amide bonds. The predicted octanol–water partition coefficient (Wildman–Crippen LogP) is 0.146. The van der Waals surface area contributed by atoms with Gasteiger partial charge in [0.1, 0.15) is 0 Å². The van der Waals surface area contributed by atoms with E-state index in [1.807, 2.05) is 0 Å². The molecule has 0 aromatic rings. The van der Waals surface area contributed by atoms with E-state index in [9.17, 15) is 0 Å². The summed E-state index contributed by atoms with van der Waals surface area (Å²) >= 11 is 0. The van der Waals surface area contributed by atoms with Crippen LogP contribution in [0.2, 0.25) is 0 Å². The van der Waals surface area contributed by atoms with Gasteiger partial charge in [-0.1, -0.05) is 47.0 Å². The van der Waals surface area contributed by atoms with Crippen molar-refractivity contribution in [2.45, 2.75) is 58.0 Å². The van der Waals surface area contributed by atoms with Gasteiger partial charge >= 0.3 is 23.1 Å². The second-order valence-electron chi connectivity index (χ2n) is 4.59. The van der Waals surface area contributed by atoms with Crippen molar-refractivity contribution in [3.05, 3.63) is 5.32 Å². The third-order valence-corrected chi connectivity index (χ3v) is 2.18. The van der Waals surface area contributed by atoms with Gasteiger partial charge in [-0.3, -0.25) is 0 Å². The van der Waals surface area contributed by atoms with E-state index in [0.717, 1.165) is 0 Å². The van der Waals surface area contributed by atoms with Crippen molar-refractivity contribution in [1.82, 2.24) is 0 Å². The molecule has 1 nitrogen and oxygen atoms in total. The van der Waals surface area contributed by atoms with Crippen LogP contribution < -0.4 is 12.4 Å². The van der Waals surface area contributed by atoms with E-state index in [1.54, 1.807) is 0 Å². The van der Waals surface area contributed by atoms with Gasteiger partial charge in [-0.05, 0) is 0 Å². The summed E-state index contributed by atoms with van der Waals surface area (Å²) in [7, 11) is 0. The summed E-state index contributed by atoms with van der Waals surface area (Å²) in [6.07, 6.45) is 3.86. The molecule has 0 spiro atoms. The van der Waals surface area contributed by atoms with Crippen LogP contribution in [-0.4, -0.2) is 34.1 Å². The number of nitrogens with zero attached hydrogens (tertiary/aromatic N) is 1. The molecule has 0 radical (unpaired) electrons. The standard InChI is InChI=1S/C9H18N.2ClH.Mg/c1-8(2)6-5-7-9(3,4)10-8;;;/h5-7H2,1-4H3;2*1H;/q-1;;;+2/p-1. The van der Waals surface area contributed by atoms with Crippen molar-refractivity contribution in [2.24, 2.45) is 0 Å². The van der Waals surface area contributed by atoms with Gasteiger partial charge in [0.15, 0.2) is 0 Å². The maximum atomic E-state index is 4.75. The fourth-order valence-corrected chi connectivity index (χ4v) is 1.88. The van der Waals surface area contributed by atoms with Crippen molar-refractivity contribution >= 4 is 35.5 Å². The molecule has 4 heteroatoms. The van der Waals surface area contributed by atoms with Crippen molar-refractivity contribution < 1.29 is 12.4 Å². The number of halogens is 2. The van der Waals surface area contributed by atoms with E-state index < -0.39 is 0 Å². The van der Waals surface area contributed by atoms with Gasteiger partial charge in [-0.2, -0.15) is 0 Å². The van der Waals surface area contributed by atoms with E-state index in [1.165, 1.54) is 19.3 Å². The molecule has 13 heavy (non-hydrogen) atoms. The molecule has 0 aliphatic carbocycles. The Bertz CT molecular complexity index is 124. The van der Waals surface area contributed by atoms with Gasteiger partial charge in [0, 0.05) is 0 Å². The summed E-state index contributed by atoms with van der Waals surface area (Å²) in [5.41, 5.74) is 0.476. The van der Waals surface area contributed by atoms with E-state index in [0.29, 0.717) is 0 Å². The monoisotopic (exact) mass is 235 g/mol. The van der Waals surface area contributed by atoms with Crippen LogP contribution in [-0.2, 0) is 0 Å². The molecule has 0 N–H and O–H groups in total. The van der Waals surface area contributed by atoms with Crippen LogP contribution in [0.15, 0.2) is 0 Å². The van der Waals surface area contributed by atoms with Crippen LogP contribution in [0.3, 0.4) is 0 Å². The molecule has 1 heterocycles. The third-order valence-electron chi connectivity index (χ3n) is 2.18. The smallest absolute Gasteiger partial charge is 1.00 e. The first-order valence-corrected chi connectivity index (χ1v) is 4.15. The first-order valence-electron chi connectivity index (χ1n) is 4.15. The molecule has 0 bridgehead atoms. The molecule has 0 atom stereocenters. The van der Waals surface area contributed by atoms with Gasteiger partial charge < -0.3 is 17.7 Å². The Labute approximate surface area is 111 Å². The van der Waals surface area contributed by atoms with Crippen molar-refractivity contribution in [1.29, 1.82) is 0 Å². The molecule has 0 saturated carbocycles. The fraction of sp³-hybridized carbons (Fsp3) is 1.00. The molecule has 76 valence electrons. The van der Waals surface area contributed by atoms with E-state index in [-0.39, 0.29) is 58.9 Å². The number of hydrogen-bond acceptors (Lipinski definition) is 0. The van der Waals surface area contributed by atoms with Gasteiger partial charge in [-0.25, -0.2) is 0 Å². The van der Waals surface area contributed by atoms with E-state index >= 15 is 0 Å². The summed E-state index contributed by atoms with van der Waals surface area (Å²) < 4.78 is 0. The average Bonchev–Trinajstić information content (AvgIpc) is 1.56. The van der Waals surface area contributed by atoms with Crippen LogP contribution in [0.5, 0.6) is 0 Å². The summed E-state index contributed by atoms with van der Waals surface area (Å²) in [5, 5.41) is 4.75. The third kappa shape index (κ3) is 7.26. The van der Waals surface area contributed by atoms with E-state index in [2.05, 4.69) is 27.7 Å². The van der Waals surface area contributed by atoms with Gasteiger partial charge in [0.05, 0.1) is 0 Å². The molecule has 1 rings (SSSR count). The minimum atomic E-state index is 0. The Morgan fingerprint density at radius 1 is 0.923 bits per heavy atom. The molecule has 0 aromatic carbocycles. The zero-order valence-electron chi connectivity index (χ0n) is 9.06. The first-order chi connectivity index (χ1) is 4.41.